The normalized spacial score (nSPS) is 34.9. The summed E-state index contributed by atoms with van der Waals surface area (Å²) in [6, 6.07) is 17.9. The zero-order chi connectivity index (χ0) is 20.3. The fraction of sp³-hybridized carbons (Fsp3) is 0.500. The lowest BCUT2D eigenvalue weighted by Crippen LogP contribution is -2.61. The number of likely N-dealkylation sites (tertiary alicyclic amines) is 1. The maximum atomic E-state index is 10.2. The van der Waals surface area contributed by atoms with Gasteiger partial charge in [0, 0.05) is 18.0 Å². The van der Waals surface area contributed by atoms with Crippen LogP contribution in [0.15, 0.2) is 60.7 Å². The van der Waals surface area contributed by atoms with E-state index in [1.807, 2.05) is 6.07 Å². The van der Waals surface area contributed by atoms with Crippen molar-refractivity contribution in [3.8, 4) is 5.75 Å². The van der Waals surface area contributed by atoms with E-state index >= 15 is 0 Å². The van der Waals surface area contributed by atoms with Gasteiger partial charge in [0.2, 0.25) is 0 Å². The summed E-state index contributed by atoms with van der Waals surface area (Å²) in [5.74, 6) is 2.90. The van der Waals surface area contributed by atoms with E-state index in [1.54, 1.807) is 0 Å². The van der Waals surface area contributed by atoms with Crippen molar-refractivity contribution in [2.24, 2.45) is 17.8 Å². The number of aromatic hydroxyl groups is 1. The molecule has 156 valence electrons. The molecule has 0 radical (unpaired) electrons. The summed E-state index contributed by atoms with van der Waals surface area (Å²) in [7, 11) is 0. The van der Waals surface area contributed by atoms with E-state index in [1.165, 1.54) is 67.5 Å². The summed E-state index contributed by atoms with van der Waals surface area (Å²) >= 11 is 0. The fourth-order valence-corrected chi connectivity index (χ4v) is 7.26. The summed E-state index contributed by atoms with van der Waals surface area (Å²) in [4.78, 5) is 2.86. The first-order chi connectivity index (χ1) is 14.6. The minimum absolute atomic E-state index is 0.218. The van der Waals surface area contributed by atoms with Crippen LogP contribution in [0.3, 0.4) is 0 Å². The highest BCUT2D eigenvalue weighted by atomic mass is 16.3. The lowest BCUT2D eigenvalue weighted by atomic mass is 9.51. The molecule has 4 aliphatic rings. The molecule has 0 aromatic heterocycles. The summed E-state index contributed by atoms with van der Waals surface area (Å²) in [6.07, 6.45) is 8.61. The van der Waals surface area contributed by atoms with Crippen molar-refractivity contribution in [1.29, 1.82) is 0 Å². The van der Waals surface area contributed by atoms with Gasteiger partial charge in [-0.05, 0) is 98.1 Å². The van der Waals surface area contributed by atoms with Crippen LogP contribution in [0.25, 0.3) is 0 Å². The summed E-state index contributed by atoms with van der Waals surface area (Å²) < 4.78 is 0. The number of benzene rings is 2. The van der Waals surface area contributed by atoms with E-state index in [0.717, 1.165) is 30.6 Å². The highest BCUT2D eigenvalue weighted by Gasteiger charge is 2.55. The van der Waals surface area contributed by atoms with Gasteiger partial charge < -0.3 is 5.11 Å². The standard InChI is InChI=1S/C28H33NO/c1-19-7-10-25-27-15-21-8-9-24(30)16-26(21)28(25,17-19)11-12-29(27)18-23-14-22(23)13-20-5-3-2-4-6-20/h2-6,8-9,16,22-23,25,27,30H,1,7,10-15,17-18H2/t22?,23?,25-,27+,28-/m0/s1. The maximum absolute atomic E-state index is 10.2. The molecule has 6 rings (SSSR count). The molecular weight excluding hydrogens is 366 g/mol. The van der Waals surface area contributed by atoms with E-state index in [2.05, 4.69) is 53.9 Å². The van der Waals surface area contributed by atoms with Gasteiger partial charge in [-0.25, -0.2) is 0 Å². The predicted molar refractivity (Wildman–Crippen MR) is 122 cm³/mol. The molecule has 5 atom stereocenters. The second-order valence-corrected chi connectivity index (χ2v) is 10.5. The van der Waals surface area contributed by atoms with Gasteiger partial charge in [0.25, 0.3) is 0 Å². The molecule has 2 bridgehead atoms. The van der Waals surface area contributed by atoms with Gasteiger partial charge in [0.05, 0.1) is 0 Å². The molecule has 2 aromatic carbocycles. The Labute approximate surface area is 180 Å². The fourth-order valence-electron chi connectivity index (χ4n) is 7.26. The molecular formula is C28H33NO. The molecule has 2 saturated carbocycles. The third-order valence-electron chi connectivity index (χ3n) is 8.80. The number of phenols is 1. The first kappa shape index (κ1) is 18.7. The number of piperidine rings is 1. The molecule has 2 heteroatoms. The Bertz CT molecular complexity index is 966. The van der Waals surface area contributed by atoms with Crippen molar-refractivity contribution in [3.63, 3.8) is 0 Å². The van der Waals surface area contributed by atoms with Crippen molar-refractivity contribution in [2.45, 2.75) is 56.4 Å². The molecule has 1 aliphatic heterocycles. The van der Waals surface area contributed by atoms with Crippen molar-refractivity contribution in [2.75, 3.05) is 13.1 Å². The van der Waals surface area contributed by atoms with E-state index in [-0.39, 0.29) is 5.41 Å². The van der Waals surface area contributed by atoms with Crippen LogP contribution in [0.2, 0.25) is 0 Å². The number of fused-ring (bicyclic) bond motifs is 1. The number of hydrogen-bond acceptors (Lipinski definition) is 2. The first-order valence-corrected chi connectivity index (χ1v) is 11.9. The molecule has 3 fully saturated rings. The van der Waals surface area contributed by atoms with E-state index in [9.17, 15) is 5.11 Å². The number of phenolic OH excluding ortho intramolecular Hbond substituents is 1. The van der Waals surface area contributed by atoms with Gasteiger partial charge in [0.1, 0.15) is 5.75 Å². The Morgan fingerprint density at radius 1 is 1.10 bits per heavy atom. The Hall–Kier alpha value is -2.06. The lowest BCUT2D eigenvalue weighted by molar-refractivity contribution is -0.00352. The van der Waals surface area contributed by atoms with Crippen LogP contribution < -0.4 is 0 Å². The average Bonchev–Trinajstić information content (AvgIpc) is 3.48. The summed E-state index contributed by atoms with van der Waals surface area (Å²) in [5.41, 5.74) is 6.05. The van der Waals surface area contributed by atoms with Crippen molar-refractivity contribution < 1.29 is 5.11 Å². The van der Waals surface area contributed by atoms with E-state index in [0.29, 0.717) is 11.8 Å². The third-order valence-corrected chi connectivity index (χ3v) is 8.80. The molecule has 2 nitrogen and oxygen atoms in total. The second-order valence-electron chi connectivity index (χ2n) is 10.5. The topological polar surface area (TPSA) is 23.5 Å². The Morgan fingerprint density at radius 3 is 2.83 bits per heavy atom. The van der Waals surface area contributed by atoms with Crippen LogP contribution in [0, 0.1) is 17.8 Å². The number of nitrogens with zero attached hydrogens (tertiary/aromatic N) is 1. The van der Waals surface area contributed by atoms with Gasteiger partial charge in [-0.1, -0.05) is 48.6 Å². The number of allylic oxidation sites excluding steroid dienone is 1. The predicted octanol–water partition coefficient (Wildman–Crippen LogP) is 5.50. The van der Waals surface area contributed by atoms with Crippen molar-refractivity contribution >= 4 is 0 Å². The molecule has 2 unspecified atom stereocenters. The lowest BCUT2D eigenvalue weighted by Gasteiger charge is -2.59. The first-order valence-electron chi connectivity index (χ1n) is 11.9. The zero-order valence-corrected chi connectivity index (χ0v) is 17.9. The second kappa shape index (κ2) is 6.99. The maximum Gasteiger partial charge on any atom is 0.115 e. The van der Waals surface area contributed by atoms with Gasteiger partial charge in [-0.3, -0.25) is 4.90 Å². The minimum Gasteiger partial charge on any atom is -0.508 e. The molecule has 2 aromatic rings. The molecule has 0 spiro atoms. The molecule has 1 heterocycles. The Balaban J connectivity index is 1.23. The Morgan fingerprint density at radius 2 is 1.97 bits per heavy atom. The summed E-state index contributed by atoms with van der Waals surface area (Å²) in [6.45, 7) is 6.88. The quantitative estimate of drug-likeness (QED) is 0.687. The van der Waals surface area contributed by atoms with Gasteiger partial charge in [0.15, 0.2) is 0 Å². The monoisotopic (exact) mass is 399 g/mol. The highest BCUT2D eigenvalue weighted by Crippen LogP contribution is 2.57. The van der Waals surface area contributed by atoms with E-state index < -0.39 is 0 Å². The molecule has 30 heavy (non-hydrogen) atoms. The van der Waals surface area contributed by atoms with Crippen LogP contribution in [-0.4, -0.2) is 29.1 Å². The van der Waals surface area contributed by atoms with E-state index in [4.69, 9.17) is 0 Å². The van der Waals surface area contributed by atoms with Crippen LogP contribution in [0.1, 0.15) is 48.8 Å². The van der Waals surface area contributed by atoms with Gasteiger partial charge in [-0.15, -0.1) is 0 Å². The van der Waals surface area contributed by atoms with Crippen LogP contribution in [0.4, 0.5) is 0 Å². The molecule has 1 N–H and O–H groups in total. The van der Waals surface area contributed by atoms with Crippen LogP contribution in [-0.2, 0) is 18.3 Å². The largest absolute Gasteiger partial charge is 0.508 e. The van der Waals surface area contributed by atoms with Crippen molar-refractivity contribution in [1.82, 2.24) is 4.90 Å². The Kier molecular flexibility index (Phi) is 4.35. The smallest absolute Gasteiger partial charge is 0.115 e. The van der Waals surface area contributed by atoms with Gasteiger partial charge in [-0.2, -0.15) is 0 Å². The SMILES string of the molecule is C=C1CC[C@H]2[C@H]3Cc4ccc(O)cc4[C@@]2(CCN3CC2CC2Cc2ccccc2)C1. The van der Waals surface area contributed by atoms with Gasteiger partial charge >= 0.3 is 0 Å². The average molecular weight is 400 g/mol. The molecule has 3 aliphatic carbocycles. The van der Waals surface area contributed by atoms with Crippen LogP contribution >= 0.6 is 0 Å². The highest BCUT2D eigenvalue weighted by molar-refractivity contribution is 5.46. The summed E-state index contributed by atoms with van der Waals surface area (Å²) in [5, 5.41) is 10.2. The minimum atomic E-state index is 0.218. The van der Waals surface area contributed by atoms with Crippen molar-refractivity contribution in [3.05, 3.63) is 77.4 Å². The third kappa shape index (κ3) is 3.03. The number of rotatable bonds is 4. The molecule has 1 saturated heterocycles. The van der Waals surface area contributed by atoms with Crippen LogP contribution in [0.5, 0.6) is 5.75 Å². The zero-order valence-electron chi connectivity index (χ0n) is 17.9. The molecule has 0 amide bonds. The number of hydrogen-bond donors (Lipinski definition) is 1.